The highest BCUT2D eigenvalue weighted by atomic mass is 32.3. The molecule has 0 saturated carbocycles. The molecule has 0 heterocycles. The minimum atomic E-state index is -5.33. The van der Waals surface area contributed by atoms with E-state index in [4.69, 9.17) is 16.7 Å². The van der Waals surface area contributed by atoms with Crippen LogP contribution in [0.25, 0.3) is 0 Å². The van der Waals surface area contributed by atoms with Crippen LogP contribution in [0.5, 0.6) is 23.0 Å². The van der Waals surface area contributed by atoms with Crippen LogP contribution < -0.4 is 16.7 Å². The smallest absolute Gasteiger partial charge is 0.416 e. The molecule has 10 aromatic carbocycles. The largest absolute Gasteiger partial charge is 0.747 e. The Hall–Kier alpha value is -9.96. The van der Waals surface area contributed by atoms with Crippen LogP contribution >= 0.6 is 0 Å². The molecule has 0 bridgehead atoms. The van der Waals surface area contributed by atoms with E-state index in [0.717, 1.165) is 48.5 Å². The van der Waals surface area contributed by atoms with Crippen LogP contribution in [0.1, 0.15) is 51.4 Å². The van der Waals surface area contributed by atoms with Crippen LogP contribution in [0.4, 0.5) is 105 Å². The van der Waals surface area contributed by atoms with E-state index in [1.807, 2.05) is 0 Å². The average molecular weight is 1880 g/mol. The van der Waals surface area contributed by atoms with Crippen LogP contribution in [0.3, 0.4) is 0 Å². The molecular formula is C70H42F24O18S8. The fraction of sp³-hybridized carbons (Fsp3) is 0.143. The Morgan fingerprint density at radius 1 is 0.233 bits per heavy atom. The van der Waals surface area contributed by atoms with Gasteiger partial charge in [-0.1, -0.05) is 36.4 Å². The maximum Gasteiger partial charge on any atom is 0.416 e. The SMILES string of the molecule is CC(S(=O)(=O)[O-])S(=O)(=O)[O-].O=S(=O)(Oc1ccc([S+](c2ccccc2)c2ccc(OS(=O)(=O)c3cc(C(F)(F)F)cc(C(F)(F)F)c3)cc2)cc1)c1cc(C(F)(F)F)cc(C(F)(F)F)c1.O=S(=O)(Oc1ccc([S+](c2ccccc2)c2ccc(OS(=O)(=O)c3cc(C(F)(F)F)cc(C(F)(F)F)c3)cc2)cc1)c1cc(C(F)(F)F)cc(C(F)(F)F)c1. The van der Waals surface area contributed by atoms with Crippen LogP contribution in [0, 0.1) is 0 Å². The van der Waals surface area contributed by atoms with E-state index in [0.29, 0.717) is 36.3 Å². The Bertz CT molecular complexity index is 5290. The van der Waals surface area contributed by atoms with Crippen LogP contribution in [-0.2, 0) is 132 Å². The molecule has 0 aliphatic rings. The lowest BCUT2D eigenvalue weighted by Gasteiger charge is -2.18. The molecule has 0 aliphatic heterocycles. The number of halogens is 24. The van der Waals surface area contributed by atoms with E-state index >= 15 is 0 Å². The second-order valence-electron chi connectivity index (χ2n) is 23.8. The normalized spacial score (nSPS) is 13.2. The minimum Gasteiger partial charge on any atom is -0.747 e. The quantitative estimate of drug-likeness (QED) is 0.0296. The molecule has 0 aromatic heterocycles. The van der Waals surface area contributed by atoms with Crippen molar-refractivity contribution >= 4 is 82.5 Å². The van der Waals surface area contributed by atoms with E-state index < -0.39 is 224 Å². The number of hydrogen-bond donors (Lipinski definition) is 0. The van der Waals surface area contributed by atoms with Gasteiger partial charge in [0.25, 0.3) is 0 Å². The number of hydrogen-bond acceptors (Lipinski definition) is 18. The Labute approximate surface area is 668 Å². The Morgan fingerprint density at radius 2 is 0.375 bits per heavy atom. The third-order valence-corrected chi connectivity index (χ3v) is 27.6. The summed E-state index contributed by atoms with van der Waals surface area (Å²) in [7, 11) is -33.2. The van der Waals surface area contributed by atoms with Gasteiger partial charge in [0, 0.05) is 0 Å². The highest BCUT2D eigenvalue weighted by Gasteiger charge is 2.45. The molecule has 646 valence electrons. The van der Waals surface area contributed by atoms with Crippen LogP contribution in [-0.4, -0.2) is 64.2 Å². The summed E-state index contributed by atoms with van der Waals surface area (Å²) in [5.74, 6) is -1.99. The van der Waals surface area contributed by atoms with E-state index in [2.05, 4.69) is 0 Å². The van der Waals surface area contributed by atoms with Crippen molar-refractivity contribution in [2.24, 2.45) is 0 Å². The van der Waals surface area contributed by atoms with E-state index in [1.165, 1.54) is 48.5 Å². The third kappa shape index (κ3) is 25.1. The maximum atomic E-state index is 13.3. The van der Waals surface area contributed by atoms with E-state index in [1.54, 1.807) is 60.7 Å². The first-order valence-electron chi connectivity index (χ1n) is 31.5. The van der Waals surface area contributed by atoms with Gasteiger partial charge < -0.3 is 25.8 Å². The van der Waals surface area contributed by atoms with Gasteiger partial charge in [0.15, 0.2) is 29.4 Å². The first-order chi connectivity index (χ1) is 54.6. The summed E-state index contributed by atoms with van der Waals surface area (Å²) < 4.78 is 498. The Kier molecular flexibility index (Phi) is 27.8. The molecule has 0 unspecified atom stereocenters. The zero-order chi connectivity index (χ0) is 90.1. The maximum absolute atomic E-state index is 13.3. The summed E-state index contributed by atoms with van der Waals surface area (Å²) in [4.78, 5) is -2.78. The molecular weight excluding hydrogens is 1840 g/mol. The standard InChI is InChI=1S/2C34H19F12O6S3.C2H6O6S2/c2*35-31(36,37)20-14-21(32(38,39)40)17-29(16-20)54(47,48)51-24-6-10-27(11-7-24)53(26-4-2-1-3-5-26)28-12-8-25(9-13-28)52-55(49,50)30-18-22(33(41,42)43)15-23(19-30)34(44,45)46;1-2(9(3,4)5)10(6,7)8/h2*1-19H;2H,1H3,(H,3,4,5)(H,6,7,8)/q2*+1;/p-2. The lowest BCUT2D eigenvalue weighted by molar-refractivity contribution is -0.145. The van der Waals surface area contributed by atoms with Gasteiger partial charge in [0.2, 0.25) is 0 Å². The molecule has 18 nitrogen and oxygen atoms in total. The summed E-state index contributed by atoms with van der Waals surface area (Å²) in [6.45, 7) is 0.532. The summed E-state index contributed by atoms with van der Waals surface area (Å²) in [6, 6.07) is 34.7. The van der Waals surface area contributed by atoms with Crippen molar-refractivity contribution in [1.82, 2.24) is 0 Å². The Morgan fingerprint density at radius 3 is 0.500 bits per heavy atom. The van der Waals surface area contributed by atoms with Crippen molar-refractivity contribution in [3.63, 3.8) is 0 Å². The van der Waals surface area contributed by atoms with Crippen molar-refractivity contribution in [2.75, 3.05) is 0 Å². The van der Waals surface area contributed by atoms with Gasteiger partial charge >= 0.3 is 89.9 Å². The monoisotopic (exact) mass is 1880 g/mol. The summed E-state index contributed by atoms with van der Waals surface area (Å²) >= 11 is 0. The molecule has 10 aromatic rings. The fourth-order valence-electron chi connectivity index (χ4n) is 9.58. The molecule has 10 rings (SSSR count). The average Bonchev–Trinajstić information content (AvgIpc) is 0.805. The van der Waals surface area contributed by atoms with Gasteiger partial charge in [-0.25, -0.2) is 16.8 Å². The van der Waals surface area contributed by atoms with Gasteiger partial charge in [-0.15, -0.1) is 0 Å². The van der Waals surface area contributed by atoms with Gasteiger partial charge in [0.05, 0.1) is 66.3 Å². The van der Waals surface area contributed by atoms with Gasteiger partial charge in [-0.2, -0.15) is 139 Å². The lowest BCUT2D eigenvalue weighted by atomic mass is 10.1. The third-order valence-electron chi connectivity index (χ3n) is 15.2. The molecule has 50 heteroatoms. The summed E-state index contributed by atoms with van der Waals surface area (Å²) in [5, 5.41) is 0. The van der Waals surface area contributed by atoms with Crippen molar-refractivity contribution in [3.05, 3.63) is 275 Å². The number of rotatable bonds is 20. The molecule has 0 N–H and O–H groups in total. The van der Waals surface area contributed by atoms with Crippen molar-refractivity contribution < 1.29 is 182 Å². The topological polar surface area (TPSA) is 288 Å². The van der Waals surface area contributed by atoms with Crippen LogP contribution in [0.2, 0.25) is 0 Å². The number of alkyl halides is 24. The van der Waals surface area contributed by atoms with E-state index in [-0.39, 0.29) is 72.8 Å². The molecule has 0 radical (unpaired) electrons. The molecule has 0 fully saturated rings. The van der Waals surface area contributed by atoms with Crippen LogP contribution in [0.15, 0.2) is 279 Å². The first-order valence-corrected chi connectivity index (χ1v) is 42.5. The molecule has 0 amide bonds. The minimum absolute atomic E-state index is 0.0101. The second kappa shape index (κ2) is 34.9. The first kappa shape index (κ1) is 95.5. The van der Waals surface area contributed by atoms with Crippen molar-refractivity contribution in [3.8, 4) is 23.0 Å². The molecule has 0 saturated heterocycles. The second-order valence-corrected chi connectivity index (χ2v) is 37.7. The predicted octanol–water partition coefficient (Wildman–Crippen LogP) is 19.2. The van der Waals surface area contributed by atoms with Crippen molar-refractivity contribution in [2.45, 2.75) is 110 Å². The zero-order valence-corrected chi connectivity index (χ0v) is 64.7. The van der Waals surface area contributed by atoms with E-state index in [9.17, 15) is 165 Å². The predicted molar refractivity (Wildman–Crippen MR) is 369 cm³/mol. The van der Waals surface area contributed by atoms with Gasteiger partial charge in [-0.05, 0) is 201 Å². The molecule has 0 aliphatic carbocycles. The van der Waals surface area contributed by atoms with Gasteiger partial charge in [-0.3, -0.25) is 0 Å². The molecule has 0 atom stereocenters. The zero-order valence-electron chi connectivity index (χ0n) is 58.2. The summed E-state index contributed by atoms with van der Waals surface area (Å²) in [6.07, 6.45) is -42.6. The molecule has 0 spiro atoms. The Balaban J connectivity index is 0.000000268. The molecule has 120 heavy (non-hydrogen) atoms. The van der Waals surface area contributed by atoms with Crippen molar-refractivity contribution in [1.29, 1.82) is 0 Å². The number of benzene rings is 10. The highest BCUT2D eigenvalue weighted by molar-refractivity contribution is 8.03. The fourth-order valence-corrected chi connectivity index (χ4v) is 18.9. The highest BCUT2D eigenvalue weighted by Crippen LogP contribution is 2.45. The lowest BCUT2D eigenvalue weighted by Crippen LogP contribution is -2.26. The summed E-state index contributed by atoms with van der Waals surface area (Å²) in [5.41, 5.74) is -15.1. The van der Waals surface area contributed by atoms with Gasteiger partial charge in [0.1, 0.15) is 67.4 Å².